The first-order chi connectivity index (χ1) is 17.9. The fourth-order valence-electron chi connectivity index (χ4n) is 4.96. The van der Waals surface area contributed by atoms with Gasteiger partial charge in [0.1, 0.15) is 6.04 Å². The first kappa shape index (κ1) is 26.2. The van der Waals surface area contributed by atoms with E-state index in [1.165, 1.54) is 0 Å². The summed E-state index contributed by atoms with van der Waals surface area (Å²) in [6.45, 7) is 6.82. The summed E-state index contributed by atoms with van der Waals surface area (Å²) in [5.74, 6) is -0.878. The van der Waals surface area contributed by atoms with E-state index in [1.54, 1.807) is 0 Å². The summed E-state index contributed by atoms with van der Waals surface area (Å²) in [5, 5.41) is 18.4. The van der Waals surface area contributed by atoms with Crippen molar-refractivity contribution >= 4 is 29.4 Å². The molecule has 2 aromatic carbocycles. The molecule has 1 unspecified atom stereocenters. The summed E-state index contributed by atoms with van der Waals surface area (Å²) >= 11 is 0. The number of hydrogen-bond donors (Lipinski definition) is 4. The van der Waals surface area contributed by atoms with E-state index in [9.17, 15) is 19.5 Å². The number of nitrogens with one attached hydrogen (secondary N) is 3. The molecule has 9 nitrogen and oxygen atoms in total. The molecule has 0 saturated carbocycles. The van der Waals surface area contributed by atoms with Crippen molar-refractivity contribution in [2.24, 2.45) is 10.9 Å². The first-order valence-electron chi connectivity index (χ1n) is 12.9. The Kier molecular flexibility index (Phi) is 8.43. The van der Waals surface area contributed by atoms with E-state index in [1.807, 2.05) is 56.3 Å². The second-order valence-corrected chi connectivity index (χ2v) is 9.61. The van der Waals surface area contributed by atoms with Crippen LogP contribution in [0.15, 0.2) is 47.5 Å². The molecule has 1 saturated heterocycles. The monoisotopic (exact) mass is 505 g/mol. The van der Waals surface area contributed by atoms with Gasteiger partial charge in [-0.05, 0) is 55.0 Å². The van der Waals surface area contributed by atoms with Crippen LogP contribution in [0.25, 0.3) is 0 Å². The van der Waals surface area contributed by atoms with Gasteiger partial charge in [0, 0.05) is 43.2 Å². The van der Waals surface area contributed by atoms with Crippen molar-refractivity contribution in [1.29, 1.82) is 0 Å². The Hall–Kier alpha value is -3.88. The number of carbonyl (C=O) groups excluding carboxylic acids is 2. The van der Waals surface area contributed by atoms with Crippen LogP contribution < -0.4 is 20.9 Å². The topological polar surface area (TPSA) is 123 Å². The molecule has 0 aromatic heterocycles. The molecule has 37 heavy (non-hydrogen) atoms. The van der Waals surface area contributed by atoms with Crippen LogP contribution >= 0.6 is 0 Å². The number of amides is 2. The molecule has 2 aliphatic rings. The van der Waals surface area contributed by atoms with Crippen molar-refractivity contribution in [3.8, 4) is 0 Å². The largest absolute Gasteiger partial charge is 0.480 e. The van der Waals surface area contributed by atoms with Gasteiger partial charge in [-0.15, -0.1) is 0 Å². The standard InChI is InChI=1S/C28H35N5O4/c1-3-20-6-4-5-18(2)24(20)26(35)31-23(27(36)37)17-19-7-9-22(10-8-19)33-15-11-21(12-16-33)25(34)32-28-29-13-14-30-28/h4-10,21,23H,3,11-17H2,1-2H3,(H,31,35)(H,36,37)(H2,29,30,32,34). The van der Waals surface area contributed by atoms with Gasteiger partial charge in [-0.1, -0.05) is 37.3 Å². The molecule has 1 fully saturated rings. The van der Waals surface area contributed by atoms with Crippen molar-refractivity contribution in [2.45, 2.75) is 45.6 Å². The number of piperidine rings is 1. The Morgan fingerprint density at radius 2 is 1.86 bits per heavy atom. The summed E-state index contributed by atoms with van der Waals surface area (Å²) in [5.41, 5.74) is 4.15. The first-order valence-corrected chi connectivity index (χ1v) is 12.9. The number of aliphatic carboxylic acids is 1. The molecular formula is C28H35N5O4. The fraction of sp³-hybridized carbons (Fsp3) is 0.429. The highest BCUT2D eigenvalue weighted by molar-refractivity contribution is 5.99. The summed E-state index contributed by atoms with van der Waals surface area (Å²) in [7, 11) is 0. The van der Waals surface area contributed by atoms with Crippen LogP contribution in [0.2, 0.25) is 0 Å². The average Bonchev–Trinajstić information content (AvgIpc) is 3.41. The second kappa shape index (κ2) is 11.9. The number of hydrogen-bond acceptors (Lipinski definition) is 6. The molecule has 196 valence electrons. The smallest absolute Gasteiger partial charge is 0.326 e. The quantitative estimate of drug-likeness (QED) is 0.437. The fourth-order valence-corrected chi connectivity index (χ4v) is 4.96. The van der Waals surface area contributed by atoms with Gasteiger partial charge in [-0.3, -0.25) is 19.9 Å². The highest BCUT2D eigenvalue weighted by Crippen LogP contribution is 2.24. The molecule has 0 radical (unpaired) electrons. The number of rotatable bonds is 8. The molecule has 2 aliphatic heterocycles. The highest BCUT2D eigenvalue weighted by atomic mass is 16.4. The van der Waals surface area contributed by atoms with E-state index >= 15 is 0 Å². The van der Waals surface area contributed by atoms with Crippen molar-refractivity contribution in [3.05, 3.63) is 64.7 Å². The molecule has 9 heteroatoms. The molecule has 2 heterocycles. The zero-order valence-corrected chi connectivity index (χ0v) is 21.4. The number of carbonyl (C=O) groups is 3. The maximum atomic E-state index is 13.0. The van der Waals surface area contributed by atoms with Crippen molar-refractivity contribution in [1.82, 2.24) is 16.0 Å². The Morgan fingerprint density at radius 3 is 2.49 bits per heavy atom. The van der Waals surface area contributed by atoms with Crippen molar-refractivity contribution in [2.75, 3.05) is 31.1 Å². The third-order valence-corrected chi connectivity index (χ3v) is 7.09. The van der Waals surface area contributed by atoms with E-state index in [0.29, 0.717) is 24.5 Å². The molecular weight excluding hydrogens is 470 g/mol. The SMILES string of the molecule is CCc1cccc(C)c1C(=O)NC(Cc1ccc(N2CCC(C(=O)NC3=NCCN3)CC2)cc1)C(=O)O. The molecule has 1 atom stereocenters. The minimum absolute atomic E-state index is 0.0154. The van der Waals surface area contributed by atoms with Crippen LogP contribution in [0.4, 0.5) is 5.69 Å². The van der Waals surface area contributed by atoms with Crippen LogP contribution in [0, 0.1) is 12.8 Å². The average molecular weight is 506 g/mol. The predicted octanol–water partition coefficient (Wildman–Crippen LogP) is 2.27. The number of anilines is 1. The summed E-state index contributed by atoms with van der Waals surface area (Å²) < 4.78 is 0. The Balaban J connectivity index is 1.33. The van der Waals surface area contributed by atoms with Gasteiger partial charge in [0.15, 0.2) is 5.96 Å². The number of carboxylic acids is 1. The van der Waals surface area contributed by atoms with Gasteiger partial charge in [-0.25, -0.2) is 4.79 Å². The number of carboxylic acid groups (broad SMARTS) is 1. The predicted molar refractivity (Wildman–Crippen MR) is 143 cm³/mol. The van der Waals surface area contributed by atoms with E-state index in [2.05, 4.69) is 25.8 Å². The van der Waals surface area contributed by atoms with Crippen LogP contribution in [0.5, 0.6) is 0 Å². The third-order valence-electron chi connectivity index (χ3n) is 7.09. The lowest BCUT2D eigenvalue weighted by Crippen LogP contribution is -2.45. The van der Waals surface area contributed by atoms with Gasteiger partial charge in [-0.2, -0.15) is 0 Å². The van der Waals surface area contributed by atoms with Crippen molar-refractivity contribution in [3.63, 3.8) is 0 Å². The van der Waals surface area contributed by atoms with Crippen LogP contribution in [0.3, 0.4) is 0 Å². The third kappa shape index (κ3) is 6.47. The minimum Gasteiger partial charge on any atom is -0.480 e. The van der Waals surface area contributed by atoms with Crippen LogP contribution in [-0.4, -0.2) is 61.1 Å². The van der Waals surface area contributed by atoms with Gasteiger partial charge in [0.05, 0.1) is 6.54 Å². The minimum atomic E-state index is -1.07. The molecule has 2 amide bonds. The lowest BCUT2D eigenvalue weighted by atomic mass is 9.95. The van der Waals surface area contributed by atoms with Crippen LogP contribution in [-0.2, 0) is 22.4 Å². The van der Waals surface area contributed by atoms with Gasteiger partial charge < -0.3 is 20.6 Å². The zero-order valence-electron chi connectivity index (χ0n) is 21.4. The normalized spacial score (nSPS) is 16.5. The second-order valence-electron chi connectivity index (χ2n) is 9.61. The molecule has 0 aliphatic carbocycles. The highest BCUT2D eigenvalue weighted by Gasteiger charge is 2.27. The Bertz CT molecular complexity index is 1170. The molecule has 2 aromatic rings. The Morgan fingerprint density at radius 1 is 1.14 bits per heavy atom. The molecule has 4 rings (SSSR count). The number of aryl methyl sites for hydroxylation is 2. The van der Waals surface area contributed by atoms with E-state index < -0.39 is 12.0 Å². The molecule has 0 spiro atoms. The lowest BCUT2D eigenvalue weighted by Gasteiger charge is -2.33. The maximum Gasteiger partial charge on any atom is 0.326 e. The van der Waals surface area contributed by atoms with E-state index in [-0.39, 0.29) is 24.2 Å². The summed E-state index contributed by atoms with van der Waals surface area (Å²) in [6, 6.07) is 12.4. The molecule has 0 bridgehead atoms. The van der Waals surface area contributed by atoms with Gasteiger partial charge in [0.2, 0.25) is 5.91 Å². The number of benzene rings is 2. The lowest BCUT2D eigenvalue weighted by molar-refractivity contribution is -0.139. The van der Waals surface area contributed by atoms with E-state index in [4.69, 9.17) is 0 Å². The van der Waals surface area contributed by atoms with Gasteiger partial charge >= 0.3 is 5.97 Å². The summed E-state index contributed by atoms with van der Waals surface area (Å²) in [4.78, 5) is 43.9. The van der Waals surface area contributed by atoms with E-state index in [0.717, 1.165) is 54.9 Å². The molecule has 4 N–H and O–H groups in total. The maximum absolute atomic E-state index is 13.0. The Labute approximate surface area is 217 Å². The zero-order chi connectivity index (χ0) is 26.4. The number of nitrogens with zero attached hydrogens (tertiary/aromatic N) is 2. The summed E-state index contributed by atoms with van der Waals surface area (Å²) in [6.07, 6.45) is 2.40. The number of guanidine groups is 1. The number of aliphatic imine (C=N–C) groups is 1. The van der Waals surface area contributed by atoms with Crippen molar-refractivity contribution < 1.29 is 19.5 Å². The van der Waals surface area contributed by atoms with Gasteiger partial charge in [0.25, 0.3) is 5.91 Å². The van der Waals surface area contributed by atoms with Crippen LogP contribution in [0.1, 0.15) is 46.8 Å².